The Labute approximate surface area is 96.8 Å². The highest BCUT2D eigenvalue weighted by atomic mass is 16.5. The van der Waals surface area contributed by atoms with Gasteiger partial charge < -0.3 is 10.5 Å². The lowest BCUT2D eigenvalue weighted by atomic mass is 9.89. The summed E-state index contributed by atoms with van der Waals surface area (Å²) in [6.45, 7) is 2.11. The van der Waals surface area contributed by atoms with E-state index in [1.165, 1.54) is 31.2 Å². The molecule has 0 radical (unpaired) electrons. The Hall–Kier alpha value is -1.02. The number of rotatable bonds is 4. The average Bonchev–Trinajstić information content (AvgIpc) is 3.13. The molecule has 0 spiro atoms. The largest absolute Gasteiger partial charge is 0.490 e. The highest BCUT2D eigenvalue weighted by Gasteiger charge is 2.49. The molecule has 2 heteroatoms. The van der Waals surface area contributed by atoms with E-state index in [0.29, 0.717) is 6.10 Å². The minimum atomic E-state index is 0.200. The van der Waals surface area contributed by atoms with Crippen LogP contribution in [0.3, 0.4) is 0 Å². The highest BCUT2D eigenvalue weighted by Crippen LogP contribution is 2.53. The van der Waals surface area contributed by atoms with E-state index < -0.39 is 0 Å². The van der Waals surface area contributed by atoms with E-state index in [1.54, 1.807) is 0 Å². The first kappa shape index (κ1) is 10.2. The van der Waals surface area contributed by atoms with Crippen LogP contribution in [0.1, 0.15) is 38.2 Å². The Morgan fingerprint density at radius 1 is 1.31 bits per heavy atom. The molecule has 0 amide bonds. The minimum absolute atomic E-state index is 0.200. The quantitative estimate of drug-likeness (QED) is 0.841. The predicted molar refractivity (Wildman–Crippen MR) is 64.7 cm³/mol. The number of para-hydroxylation sites is 1. The zero-order chi connectivity index (χ0) is 11.2. The van der Waals surface area contributed by atoms with E-state index >= 15 is 0 Å². The van der Waals surface area contributed by atoms with Crippen molar-refractivity contribution in [1.29, 1.82) is 0 Å². The molecule has 1 atom stereocenters. The van der Waals surface area contributed by atoms with E-state index in [2.05, 4.69) is 31.2 Å². The minimum Gasteiger partial charge on any atom is -0.490 e. The molecule has 0 saturated heterocycles. The van der Waals surface area contributed by atoms with Gasteiger partial charge in [-0.15, -0.1) is 0 Å². The predicted octanol–water partition coefficient (Wildman–Crippen LogP) is 2.61. The summed E-state index contributed by atoms with van der Waals surface area (Å²) in [5.41, 5.74) is 7.65. The third kappa shape index (κ3) is 1.61. The van der Waals surface area contributed by atoms with Gasteiger partial charge in [-0.1, -0.05) is 18.2 Å². The van der Waals surface area contributed by atoms with Gasteiger partial charge in [0.1, 0.15) is 5.75 Å². The average molecular weight is 217 g/mol. The monoisotopic (exact) mass is 217 g/mol. The molecule has 2 aliphatic rings. The molecule has 0 bridgehead atoms. The summed E-state index contributed by atoms with van der Waals surface area (Å²) in [4.78, 5) is 0. The molecule has 2 nitrogen and oxygen atoms in total. The molecule has 2 aliphatic carbocycles. The van der Waals surface area contributed by atoms with Crippen LogP contribution in [0.5, 0.6) is 5.75 Å². The number of benzene rings is 1. The van der Waals surface area contributed by atoms with Crippen molar-refractivity contribution in [2.45, 2.75) is 50.2 Å². The molecule has 1 unspecified atom stereocenters. The number of nitrogens with two attached hydrogens (primary N) is 1. The second-order valence-electron chi connectivity index (χ2n) is 5.26. The summed E-state index contributed by atoms with van der Waals surface area (Å²) >= 11 is 0. The van der Waals surface area contributed by atoms with Crippen molar-refractivity contribution < 1.29 is 4.74 Å². The molecule has 2 saturated carbocycles. The Morgan fingerprint density at radius 2 is 2.00 bits per heavy atom. The Morgan fingerprint density at radius 3 is 2.56 bits per heavy atom. The molecule has 86 valence electrons. The van der Waals surface area contributed by atoms with Crippen molar-refractivity contribution in [1.82, 2.24) is 0 Å². The van der Waals surface area contributed by atoms with Crippen molar-refractivity contribution in [3.63, 3.8) is 0 Å². The van der Waals surface area contributed by atoms with Gasteiger partial charge in [-0.2, -0.15) is 0 Å². The van der Waals surface area contributed by atoms with Crippen molar-refractivity contribution in [3.8, 4) is 5.75 Å². The molecule has 0 aliphatic heterocycles. The fourth-order valence-electron chi connectivity index (χ4n) is 2.45. The first-order chi connectivity index (χ1) is 7.72. The van der Waals surface area contributed by atoms with Crippen LogP contribution in [-0.2, 0) is 5.41 Å². The summed E-state index contributed by atoms with van der Waals surface area (Å²) in [6.07, 6.45) is 5.29. The van der Waals surface area contributed by atoms with Gasteiger partial charge in [-0.25, -0.2) is 0 Å². The van der Waals surface area contributed by atoms with Gasteiger partial charge in [0.15, 0.2) is 0 Å². The van der Waals surface area contributed by atoms with E-state index in [0.717, 1.165) is 5.75 Å². The normalized spacial score (nSPS) is 23.9. The van der Waals surface area contributed by atoms with E-state index in [4.69, 9.17) is 10.5 Å². The van der Waals surface area contributed by atoms with Gasteiger partial charge in [0, 0.05) is 17.0 Å². The summed E-state index contributed by atoms with van der Waals surface area (Å²) in [6, 6.07) is 8.65. The summed E-state index contributed by atoms with van der Waals surface area (Å²) in [5.74, 6) is 1.07. The maximum Gasteiger partial charge on any atom is 0.123 e. The van der Waals surface area contributed by atoms with Gasteiger partial charge in [0.2, 0.25) is 0 Å². The lowest BCUT2D eigenvalue weighted by molar-refractivity contribution is 0.295. The molecule has 1 aromatic carbocycles. The fraction of sp³-hybridized carbons (Fsp3) is 0.571. The van der Waals surface area contributed by atoms with Crippen LogP contribution >= 0.6 is 0 Å². The maximum absolute atomic E-state index is 6.12. The van der Waals surface area contributed by atoms with Crippen LogP contribution in [0.2, 0.25) is 0 Å². The lowest BCUT2D eigenvalue weighted by Gasteiger charge is -2.23. The Bertz CT molecular complexity index is 391. The molecular formula is C14H19NO. The van der Waals surface area contributed by atoms with E-state index in [9.17, 15) is 0 Å². The molecule has 16 heavy (non-hydrogen) atoms. The smallest absolute Gasteiger partial charge is 0.123 e. The zero-order valence-electron chi connectivity index (χ0n) is 9.78. The van der Waals surface area contributed by atoms with Gasteiger partial charge in [0.05, 0.1) is 6.10 Å². The van der Waals surface area contributed by atoms with Crippen molar-refractivity contribution >= 4 is 0 Å². The fourth-order valence-corrected chi connectivity index (χ4v) is 2.45. The number of hydrogen-bond donors (Lipinski definition) is 1. The molecule has 1 aromatic rings. The van der Waals surface area contributed by atoms with Gasteiger partial charge in [0.25, 0.3) is 0 Å². The van der Waals surface area contributed by atoms with Gasteiger partial charge in [-0.05, 0) is 38.7 Å². The second kappa shape index (κ2) is 3.49. The molecule has 3 rings (SSSR count). The van der Waals surface area contributed by atoms with Crippen LogP contribution in [0.25, 0.3) is 0 Å². The molecule has 2 fully saturated rings. The highest BCUT2D eigenvalue weighted by molar-refractivity contribution is 5.44. The summed E-state index contributed by atoms with van der Waals surface area (Å²) in [7, 11) is 0. The third-order valence-electron chi connectivity index (χ3n) is 3.90. The lowest BCUT2D eigenvalue weighted by Crippen LogP contribution is -2.32. The molecule has 0 aromatic heterocycles. The molecule has 2 N–H and O–H groups in total. The summed E-state index contributed by atoms with van der Waals surface area (Å²) < 4.78 is 5.98. The van der Waals surface area contributed by atoms with Gasteiger partial charge in [-0.3, -0.25) is 0 Å². The molecular weight excluding hydrogens is 198 g/mol. The van der Waals surface area contributed by atoms with E-state index in [1.807, 2.05) is 0 Å². The summed E-state index contributed by atoms with van der Waals surface area (Å²) in [5, 5.41) is 0. The topological polar surface area (TPSA) is 35.2 Å². The SMILES string of the molecule is CC(N)C1(c2ccccc2OC2CC2)CC1. The van der Waals surface area contributed by atoms with Crippen LogP contribution in [0, 0.1) is 0 Å². The van der Waals surface area contributed by atoms with Crippen molar-refractivity contribution in [2.24, 2.45) is 5.73 Å². The standard InChI is InChI=1S/C14H19NO/c1-10(15)14(8-9-14)12-4-2-3-5-13(12)16-11-6-7-11/h2-5,10-11H,6-9,15H2,1H3. The Kier molecular flexibility index (Phi) is 2.21. The van der Waals surface area contributed by atoms with Crippen LogP contribution in [0.4, 0.5) is 0 Å². The number of hydrogen-bond acceptors (Lipinski definition) is 2. The second-order valence-corrected chi connectivity index (χ2v) is 5.26. The van der Waals surface area contributed by atoms with Crippen molar-refractivity contribution in [3.05, 3.63) is 29.8 Å². The van der Waals surface area contributed by atoms with Crippen LogP contribution in [-0.4, -0.2) is 12.1 Å². The van der Waals surface area contributed by atoms with E-state index in [-0.39, 0.29) is 11.5 Å². The first-order valence-corrected chi connectivity index (χ1v) is 6.24. The van der Waals surface area contributed by atoms with Gasteiger partial charge >= 0.3 is 0 Å². The number of ether oxygens (including phenoxy) is 1. The first-order valence-electron chi connectivity index (χ1n) is 6.24. The molecule has 0 heterocycles. The third-order valence-corrected chi connectivity index (χ3v) is 3.90. The maximum atomic E-state index is 6.12. The Balaban J connectivity index is 1.93. The van der Waals surface area contributed by atoms with Crippen molar-refractivity contribution in [2.75, 3.05) is 0 Å². The van der Waals surface area contributed by atoms with Crippen LogP contribution in [0.15, 0.2) is 24.3 Å². The van der Waals surface area contributed by atoms with Crippen LogP contribution < -0.4 is 10.5 Å². The zero-order valence-corrected chi connectivity index (χ0v) is 9.78.